The Morgan fingerprint density at radius 2 is 1.84 bits per heavy atom. The Morgan fingerprint density at radius 3 is 2.32 bits per heavy atom. The number of nitrogens with two attached hydrogens (primary N) is 1. The summed E-state index contributed by atoms with van der Waals surface area (Å²) < 4.78 is 12.7. The molecule has 4 N–H and O–H groups in total. The quantitative estimate of drug-likeness (QED) is 0.747. The molecule has 19 heavy (non-hydrogen) atoms. The Morgan fingerprint density at radius 1 is 1.26 bits per heavy atom. The van der Waals surface area contributed by atoms with E-state index < -0.39 is 12.1 Å². The monoisotopic (exact) mass is 267 g/mol. The predicted molar refractivity (Wildman–Crippen MR) is 69.6 cm³/mol. The smallest absolute Gasteiger partial charge is 0.312 e. The molecule has 0 spiro atoms. The van der Waals surface area contributed by atoms with Crippen molar-refractivity contribution in [1.82, 2.24) is 10.6 Å². The molecule has 3 amide bonds. The second-order valence-corrected chi connectivity index (χ2v) is 4.57. The van der Waals surface area contributed by atoms with E-state index in [2.05, 4.69) is 10.6 Å². The second-order valence-electron chi connectivity index (χ2n) is 4.57. The van der Waals surface area contributed by atoms with Crippen molar-refractivity contribution in [2.24, 2.45) is 11.7 Å². The fourth-order valence-electron chi connectivity index (χ4n) is 1.59. The fourth-order valence-corrected chi connectivity index (χ4v) is 1.59. The Labute approximate surface area is 111 Å². The van der Waals surface area contributed by atoms with Gasteiger partial charge in [-0.1, -0.05) is 26.0 Å². The molecular weight excluding hydrogens is 249 g/mol. The molecular formula is C13H18FN3O2. The van der Waals surface area contributed by atoms with Gasteiger partial charge in [-0.2, -0.15) is 0 Å². The van der Waals surface area contributed by atoms with Crippen LogP contribution in [0.5, 0.6) is 0 Å². The molecule has 0 radical (unpaired) electrons. The van der Waals surface area contributed by atoms with Crippen LogP contribution < -0.4 is 16.4 Å². The Balaban J connectivity index is 2.57. The van der Waals surface area contributed by atoms with Crippen LogP contribution in [0.25, 0.3) is 0 Å². The van der Waals surface area contributed by atoms with E-state index in [0.29, 0.717) is 0 Å². The van der Waals surface area contributed by atoms with Gasteiger partial charge in [-0.3, -0.25) is 4.79 Å². The molecule has 0 fully saturated rings. The molecule has 0 aliphatic heterocycles. The zero-order valence-electron chi connectivity index (χ0n) is 10.9. The average Bonchev–Trinajstić information content (AvgIpc) is 2.34. The van der Waals surface area contributed by atoms with Crippen LogP contribution in [0.15, 0.2) is 24.3 Å². The van der Waals surface area contributed by atoms with Gasteiger partial charge in [0, 0.05) is 6.54 Å². The standard InChI is InChI=1S/C13H18FN3O2/c1-8(2)11(17-13(15)19)12(18)16-7-9-3-5-10(14)6-4-9/h3-6,8,11H,7H2,1-2H3,(H,16,18)(H3,15,17,19)/t11-/m0/s1. The number of benzene rings is 1. The topological polar surface area (TPSA) is 84.2 Å². The molecule has 0 saturated heterocycles. The summed E-state index contributed by atoms with van der Waals surface area (Å²) in [5.41, 5.74) is 5.80. The number of amides is 3. The zero-order valence-corrected chi connectivity index (χ0v) is 10.9. The van der Waals surface area contributed by atoms with E-state index in [0.717, 1.165) is 5.56 Å². The van der Waals surface area contributed by atoms with Crippen molar-refractivity contribution in [2.75, 3.05) is 0 Å². The van der Waals surface area contributed by atoms with Crippen LogP contribution in [0.1, 0.15) is 19.4 Å². The Kier molecular flexibility index (Phi) is 5.29. The summed E-state index contributed by atoms with van der Waals surface area (Å²) >= 11 is 0. The molecule has 1 aromatic rings. The molecule has 0 bridgehead atoms. The number of urea groups is 1. The van der Waals surface area contributed by atoms with Crippen LogP contribution in [-0.2, 0) is 11.3 Å². The van der Waals surface area contributed by atoms with Gasteiger partial charge in [-0.25, -0.2) is 9.18 Å². The van der Waals surface area contributed by atoms with E-state index >= 15 is 0 Å². The molecule has 0 aliphatic rings. The maximum Gasteiger partial charge on any atom is 0.312 e. The van der Waals surface area contributed by atoms with Gasteiger partial charge in [0.15, 0.2) is 0 Å². The maximum atomic E-state index is 12.7. The first-order valence-corrected chi connectivity index (χ1v) is 5.98. The Bertz CT molecular complexity index is 446. The van der Waals surface area contributed by atoms with Crippen LogP contribution in [0.3, 0.4) is 0 Å². The van der Waals surface area contributed by atoms with Crippen LogP contribution >= 0.6 is 0 Å². The number of hydrogen-bond acceptors (Lipinski definition) is 2. The van der Waals surface area contributed by atoms with Gasteiger partial charge < -0.3 is 16.4 Å². The first-order valence-electron chi connectivity index (χ1n) is 5.98. The van der Waals surface area contributed by atoms with Gasteiger partial charge >= 0.3 is 6.03 Å². The van der Waals surface area contributed by atoms with Crippen molar-refractivity contribution in [2.45, 2.75) is 26.4 Å². The third-order valence-electron chi connectivity index (χ3n) is 2.63. The number of rotatable bonds is 5. The molecule has 5 nitrogen and oxygen atoms in total. The molecule has 104 valence electrons. The number of halogens is 1. The minimum atomic E-state index is -0.740. The van der Waals surface area contributed by atoms with E-state index in [1.54, 1.807) is 26.0 Å². The number of hydrogen-bond donors (Lipinski definition) is 3. The van der Waals surface area contributed by atoms with Gasteiger partial charge in [-0.05, 0) is 23.6 Å². The lowest BCUT2D eigenvalue weighted by atomic mass is 10.0. The van der Waals surface area contributed by atoms with Gasteiger partial charge in [0.2, 0.25) is 5.91 Å². The summed E-state index contributed by atoms with van der Waals surface area (Å²) in [6.07, 6.45) is 0. The van der Waals surface area contributed by atoms with Crippen molar-refractivity contribution in [1.29, 1.82) is 0 Å². The van der Waals surface area contributed by atoms with Crippen molar-refractivity contribution in [3.8, 4) is 0 Å². The lowest BCUT2D eigenvalue weighted by Crippen LogP contribution is -2.51. The van der Waals surface area contributed by atoms with Gasteiger partial charge in [0.05, 0.1) is 0 Å². The van der Waals surface area contributed by atoms with Crippen molar-refractivity contribution in [3.63, 3.8) is 0 Å². The van der Waals surface area contributed by atoms with E-state index in [9.17, 15) is 14.0 Å². The van der Waals surface area contributed by atoms with E-state index in [-0.39, 0.29) is 24.2 Å². The first-order chi connectivity index (χ1) is 8.90. The normalized spacial score (nSPS) is 12.0. The van der Waals surface area contributed by atoms with Gasteiger partial charge in [-0.15, -0.1) is 0 Å². The summed E-state index contributed by atoms with van der Waals surface area (Å²) in [4.78, 5) is 22.7. The SMILES string of the molecule is CC(C)[C@H](NC(N)=O)C(=O)NCc1ccc(F)cc1. The molecule has 0 heterocycles. The van der Waals surface area contributed by atoms with Crippen LogP contribution in [0, 0.1) is 11.7 Å². The van der Waals surface area contributed by atoms with Crippen molar-refractivity contribution < 1.29 is 14.0 Å². The van der Waals surface area contributed by atoms with Crippen molar-refractivity contribution in [3.05, 3.63) is 35.6 Å². The largest absolute Gasteiger partial charge is 0.352 e. The minimum absolute atomic E-state index is 0.0827. The van der Waals surface area contributed by atoms with Crippen LogP contribution in [0.2, 0.25) is 0 Å². The predicted octanol–water partition coefficient (Wildman–Crippen LogP) is 1.13. The van der Waals surface area contributed by atoms with Gasteiger partial charge in [0.1, 0.15) is 11.9 Å². The summed E-state index contributed by atoms with van der Waals surface area (Å²) in [6.45, 7) is 3.87. The molecule has 0 aromatic heterocycles. The lowest BCUT2D eigenvalue weighted by Gasteiger charge is -2.20. The molecule has 6 heteroatoms. The molecule has 0 unspecified atom stereocenters. The highest BCUT2D eigenvalue weighted by molar-refractivity contribution is 5.86. The molecule has 1 aromatic carbocycles. The maximum absolute atomic E-state index is 12.7. The highest BCUT2D eigenvalue weighted by Crippen LogP contribution is 2.04. The van der Waals surface area contributed by atoms with E-state index in [1.165, 1.54) is 12.1 Å². The summed E-state index contributed by atoms with van der Waals surface area (Å²) in [5, 5.41) is 5.06. The average molecular weight is 267 g/mol. The molecule has 0 saturated carbocycles. The molecule has 1 atom stereocenters. The number of nitrogens with one attached hydrogen (secondary N) is 2. The summed E-state index contributed by atoms with van der Waals surface area (Å²) in [6, 6.07) is 4.39. The minimum Gasteiger partial charge on any atom is -0.352 e. The summed E-state index contributed by atoms with van der Waals surface area (Å²) in [7, 11) is 0. The third-order valence-corrected chi connectivity index (χ3v) is 2.63. The number of carbonyl (C=O) groups excluding carboxylic acids is 2. The Hall–Kier alpha value is -2.11. The highest BCUT2D eigenvalue weighted by Gasteiger charge is 2.22. The third kappa shape index (κ3) is 4.95. The zero-order chi connectivity index (χ0) is 14.4. The van der Waals surface area contributed by atoms with Crippen LogP contribution in [0.4, 0.5) is 9.18 Å². The van der Waals surface area contributed by atoms with Gasteiger partial charge in [0.25, 0.3) is 0 Å². The van der Waals surface area contributed by atoms with Crippen LogP contribution in [-0.4, -0.2) is 18.0 Å². The lowest BCUT2D eigenvalue weighted by molar-refractivity contribution is -0.124. The van der Waals surface area contributed by atoms with E-state index in [4.69, 9.17) is 5.73 Å². The fraction of sp³-hybridized carbons (Fsp3) is 0.385. The number of carbonyl (C=O) groups is 2. The second kappa shape index (κ2) is 6.72. The molecule has 0 aliphatic carbocycles. The first kappa shape index (κ1) is 14.9. The highest BCUT2D eigenvalue weighted by atomic mass is 19.1. The molecule has 1 rings (SSSR count). The number of primary amides is 1. The van der Waals surface area contributed by atoms with E-state index in [1.807, 2.05) is 0 Å². The van der Waals surface area contributed by atoms with Crippen molar-refractivity contribution >= 4 is 11.9 Å². The summed E-state index contributed by atoms with van der Waals surface area (Å²) in [5.74, 6) is -0.732.